The van der Waals surface area contributed by atoms with E-state index in [1.54, 1.807) is 12.1 Å². The lowest BCUT2D eigenvalue weighted by molar-refractivity contribution is -0.119. The molecule has 0 aromatic heterocycles. The van der Waals surface area contributed by atoms with Crippen molar-refractivity contribution in [2.24, 2.45) is 0 Å². The van der Waals surface area contributed by atoms with E-state index >= 15 is 0 Å². The Morgan fingerprint density at radius 2 is 1.64 bits per heavy atom. The molecule has 0 atom stereocenters. The fourth-order valence-electron chi connectivity index (χ4n) is 4.37. The van der Waals surface area contributed by atoms with E-state index in [0.717, 1.165) is 53.8 Å². The summed E-state index contributed by atoms with van der Waals surface area (Å²) in [5.74, 6) is 0.272. The summed E-state index contributed by atoms with van der Waals surface area (Å²) in [7, 11) is -1.19. The number of sulfonamides is 1. The van der Waals surface area contributed by atoms with E-state index in [1.807, 2.05) is 31.2 Å². The predicted molar refractivity (Wildman–Crippen MR) is 150 cm³/mol. The molecule has 1 aliphatic rings. The first kappa shape index (κ1) is 28.4. The smallest absolute Gasteiger partial charge is 0.264 e. The van der Waals surface area contributed by atoms with Crippen molar-refractivity contribution >= 4 is 21.6 Å². The highest BCUT2D eigenvalue weighted by Crippen LogP contribution is 2.32. The van der Waals surface area contributed by atoms with Gasteiger partial charge in [0.1, 0.15) is 6.54 Å². The van der Waals surface area contributed by atoms with Crippen LogP contribution in [0.1, 0.15) is 16.7 Å². The standard InChI is InChI=1S/C29H35N3O6S/c1-22-7-9-25(10-8-22)32(39(34,35)26-11-12-27(36-2)28(18-26)37-3)21-29(33)30-19-23-5-4-6-24(17-23)20-31-13-15-38-16-14-31/h4-12,17-18H,13-16,19-21H2,1-3H3,(H,30,33). The number of methoxy groups -OCH3 is 2. The van der Waals surface area contributed by atoms with Crippen LogP contribution < -0.4 is 19.1 Å². The molecule has 0 spiro atoms. The minimum absolute atomic E-state index is 0.00987. The lowest BCUT2D eigenvalue weighted by Gasteiger charge is -2.26. The molecule has 39 heavy (non-hydrogen) atoms. The van der Waals surface area contributed by atoms with Gasteiger partial charge in [0.05, 0.1) is 38.0 Å². The number of morpholine rings is 1. The molecule has 1 aliphatic heterocycles. The van der Waals surface area contributed by atoms with E-state index in [2.05, 4.69) is 22.3 Å². The highest BCUT2D eigenvalue weighted by atomic mass is 32.2. The van der Waals surface area contributed by atoms with Crippen molar-refractivity contribution in [3.05, 3.63) is 83.4 Å². The molecule has 0 unspecified atom stereocenters. The first-order chi connectivity index (χ1) is 18.8. The number of rotatable bonds is 11. The van der Waals surface area contributed by atoms with Crippen LogP contribution in [0.15, 0.2) is 71.6 Å². The summed E-state index contributed by atoms with van der Waals surface area (Å²) in [6.07, 6.45) is 0. The molecule has 9 nitrogen and oxygen atoms in total. The van der Waals surface area contributed by atoms with Gasteiger partial charge in [-0.2, -0.15) is 0 Å². The maximum atomic E-state index is 13.8. The maximum absolute atomic E-state index is 13.8. The Hall–Kier alpha value is -3.60. The molecule has 10 heteroatoms. The molecule has 1 fully saturated rings. The molecule has 0 saturated carbocycles. The summed E-state index contributed by atoms with van der Waals surface area (Å²) in [5, 5.41) is 2.88. The second-order valence-corrected chi connectivity index (χ2v) is 11.2. The number of anilines is 1. The summed E-state index contributed by atoms with van der Waals surface area (Å²) >= 11 is 0. The van der Waals surface area contributed by atoms with Gasteiger partial charge >= 0.3 is 0 Å². The van der Waals surface area contributed by atoms with Crippen LogP contribution in [0.25, 0.3) is 0 Å². The molecule has 0 aliphatic carbocycles. The number of carbonyl (C=O) groups excluding carboxylic acids is 1. The Kier molecular flexibility index (Phi) is 9.45. The zero-order valence-electron chi connectivity index (χ0n) is 22.6. The second-order valence-electron chi connectivity index (χ2n) is 9.35. The molecular formula is C29H35N3O6S. The molecule has 3 aromatic carbocycles. The predicted octanol–water partition coefficient (Wildman–Crippen LogP) is 3.36. The summed E-state index contributed by atoms with van der Waals surface area (Å²) in [6.45, 7) is 5.89. The molecule has 3 aromatic rings. The number of amides is 1. The van der Waals surface area contributed by atoms with Gasteiger partial charge in [-0.15, -0.1) is 0 Å². The summed E-state index contributed by atoms with van der Waals surface area (Å²) < 4.78 is 44.6. The monoisotopic (exact) mass is 553 g/mol. The van der Waals surface area contributed by atoms with Gasteiger partial charge in [-0.25, -0.2) is 8.42 Å². The molecule has 4 rings (SSSR count). The van der Waals surface area contributed by atoms with Crippen LogP contribution in [0.5, 0.6) is 11.5 Å². The summed E-state index contributed by atoms with van der Waals surface area (Å²) in [5.41, 5.74) is 3.46. The van der Waals surface area contributed by atoms with Crippen LogP contribution in [-0.2, 0) is 32.6 Å². The summed E-state index contributed by atoms with van der Waals surface area (Å²) in [6, 6.07) is 19.4. The Morgan fingerprint density at radius 3 is 2.33 bits per heavy atom. The zero-order chi connectivity index (χ0) is 27.8. The number of aryl methyl sites for hydroxylation is 1. The van der Waals surface area contributed by atoms with Gasteiger partial charge in [0.15, 0.2) is 11.5 Å². The number of hydrogen-bond acceptors (Lipinski definition) is 7. The van der Waals surface area contributed by atoms with Gasteiger partial charge in [0.2, 0.25) is 5.91 Å². The van der Waals surface area contributed by atoms with E-state index in [1.165, 1.54) is 32.4 Å². The molecule has 0 bridgehead atoms. The lowest BCUT2D eigenvalue weighted by atomic mass is 10.1. The van der Waals surface area contributed by atoms with Gasteiger partial charge < -0.3 is 19.5 Å². The number of hydrogen-bond donors (Lipinski definition) is 1. The molecule has 1 N–H and O–H groups in total. The van der Waals surface area contributed by atoms with E-state index < -0.39 is 15.9 Å². The fourth-order valence-corrected chi connectivity index (χ4v) is 5.81. The topological polar surface area (TPSA) is 97.4 Å². The van der Waals surface area contributed by atoms with Crippen LogP contribution in [0.3, 0.4) is 0 Å². The Labute approximate surface area is 230 Å². The molecule has 0 radical (unpaired) electrons. The number of benzene rings is 3. The Balaban J connectivity index is 1.50. The van der Waals surface area contributed by atoms with Crippen LogP contribution in [0, 0.1) is 6.92 Å². The average molecular weight is 554 g/mol. The van der Waals surface area contributed by atoms with Gasteiger partial charge in [-0.1, -0.05) is 42.0 Å². The van der Waals surface area contributed by atoms with Crippen molar-refractivity contribution in [2.75, 3.05) is 51.4 Å². The molecule has 1 saturated heterocycles. The maximum Gasteiger partial charge on any atom is 0.264 e. The van der Waals surface area contributed by atoms with Crippen molar-refractivity contribution in [1.82, 2.24) is 10.2 Å². The van der Waals surface area contributed by atoms with Gasteiger partial charge in [-0.05, 0) is 42.3 Å². The fraction of sp³-hybridized carbons (Fsp3) is 0.345. The third kappa shape index (κ3) is 7.29. The van der Waals surface area contributed by atoms with Gasteiger partial charge in [-0.3, -0.25) is 14.0 Å². The number of nitrogens with one attached hydrogen (secondary N) is 1. The molecule has 208 valence electrons. The largest absolute Gasteiger partial charge is 0.493 e. The lowest BCUT2D eigenvalue weighted by Crippen LogP contribution is -2.40. The quantitative estimate of drug-likeness (QED) is 0.389. The molecular weight excluding hydrogens is 518 g/mol. The number of nitrogens with zero attached hydrogens (tertiary/aromatic N) is 2. The third-order valence-corrected chi connectivity index (χ3v) is 8.31. The minimum Gasteiger partial charge on any atom is -0.493 e. The van der Waals surface area contributed by atoms with E-state index in [-0.39, 0.29) is 23.7 Å². The molecule has 1 heterocycles. The SMILES string of the molecule is COc1ccc(S(=O)(=O)N(CC(=O)NCc2cccc(CN3CCOCC3)c2)c2ccc(C)cc2)cc1OC. The third-order valence-electron chi connectivity index (χ3n) is 6.54. The van der Waals surface area contributed by atoms with Crippen molar-refractivity contribution in [3.63, 3.8) is 0 Å². The van der Waals surface area contributed by atoms with Crippen molar-refractivity contribution < 1.29 is 27.4 Å². The first-order valence-corrected chi connectivity index (χ1v) is 14.2. The van der Waals surface area contributed by atoms with Crippen LogP contribution >= 0.6 is 0 Å². The van der Waals surface area contributed by atoms with Crippen LogP contribution in [0.4, 0.5) is 5.69 Å². The van der Waals surface area contributed by atoms with Gasteiger partial charge in [0.25, 0.3) is 10.0 Å². The van der Waals surface area contributed by atoms with E-state index in [9.17, 15) is 13.2 Å². The van der Waals surface area contributed by atoms with Crippen molar-refractivity contribution in [3.8, 4) is 11.5 Å². The van der Waals surface area contributed by atoms with E-state index in [4.69, 9.17) is 14.2 Å². The minimum atomic E-state index is -4.10. The highest BCUT2D eigenvalue weighted by molar-refractivity contribution is 7.92. The van der Waals surface area contributed by atoms with Crippen molar-refractivity contribution in [2.45, 2.75) is 24.9 Å². The van der Waals surface area contributed by atoms with E-state index in [0.29, 0.717) is 11.4 Å². The Bertz CT molecular complexity index is 1370. The second kappa shape index (κ2) is 13.0. The normalized spacial score (nSPS) is 14.0. The Morgan fingerprint density at radius 1 is 0.949 bits per heavy atom. The average Bonchev–Trinajstić information content (AvgIpc) is 2.95. The first-order valence-electron chi connectivity index (χ1n) is 12.8. The number of ether oxygens (including phenoxy) is 3. The number of carbonyl (C=O) groups is 1. The van der Waals surface area contributed by atoms with Crippen LogP contribution in [-0.4, -0.2) is 66.3 Å². The van der Waals surface area contributed by atoms with Gasteiger partial charge in [0, 0.05) is 32.2 Å². The van der Waals surface area contributed by atoms with Crippen LogP contribution in [0.2, 0.25) is 0 Å². The molecule has 1 amide bonds. The zero-order valence-corrected chi connectivity index (χ0v) is 23.4. The van der Waals surface area contributed by atoms with Crippen molar-refractivity contribution in [1.29, 1.82) is 0 Å². The highest BCUT2D eigenvalue weighted by Gasteiger charge is 2.28. The summed E-state index contributed by atoms with van der Waals surface area (Å²) in [4.78, 5) is 15.4.